The Morgan fingerprint density at radius 3 is 2.67 bits per heavy atom. The molecular weight excluding hydrogens is 188 g/mol. The first-order valence-electron chi connectivity index (χ1n) is 5.52. The smallest absolute Gasteiger partial charge is 0.222 e. The summed E-state index contributed by atoms with van der Waals surface area (Å²) in [5, 5.41) is 3.22. The molecule has 0 unspecified atom stereocenters. The van der Waals surface area contributed by atoms with Crippen LogP contribution in [0.4, 0.5) is 5.95 Å². The minimum absolute atomic E-state index is 0.724. The van der Waals surface area contributed by atoms with Crippen molar-refractivity contribution in [2.24, 2.45) is 0 Å². The van der Waals surface area contributed by atoms with Gasteiger partial charge in [-0.3, -0.25) is 0 Å². The number of likely N-dealkylation sites (N-methyl/N-ethyl adjacent to an activating group) is 1. The Bertz CT molecular complexity index is 284. The lowest BCUT2D eigenvalue weighted by Crippen LogP contribution is -2.28. The van der Waals surface area contributed by atoms with Crippen molar-refractivity contribution in [3.05, 3.63) is 18.0 Å². The Hall–Kier alpha value is -1.16. The Morgan fingerprint density at radius 2 is 2.07 bits per heavy atom. The first-order chi connectivity index (χ1) is 7.26. The SMILES string of the molecule is CCN(CC)CCNc1nccc(C)n1. The monoisotopic (exact) mass is 208 g/mol. The van der Waals surface area contributed by atoms with Crippen LogP contribution >= 0.6 is 0 Å². The van der Waals surface area contributed by atoms with Crippen molar-refractivity contribution >= 4 is 5.95 Å². The van der Waals surface area contributed by atoms with E-state index >= 15 is 0 Å². The number of aromatic nitrogens is 2. The minimum atomic E-state index is 0.724. The van der Waals surface area contributed by atoms with E-state index in [0.717, 1.165) is 37.8 Å². The third-order valence-corrected chi connectivity index (χ3v) is 2.40. The Labute approximate surface area is 91.7 Å². The molecule has 0 aliphatic heterocycles. The van der Waals surface area contributed by atoms with E-state index in [4.69, 9.17) is 0 Å². The van der Waals surface area contributed by atoms with Crippen LogP contribution in [0.3, 0.4) is 0 Å². The van der Waals surface area contributed by atoms with Gasteiger partial charge in [0.25, 0.3) is 0 Å². The summed E-state index contributed by atoms with van der Waals surface area (Å²) in [5.41, 5.74) is 0.996. The molecule has 0 aromatic carbocycles. The fraction of sp³-hybridized carbons (Fsp3) is 0.636. The lowest BCUT2D eigenvalue weighted by atomic mass is 10.4. The van der Waals surface area contributed by atoms with Crippen LogP contribution in [-0.4, -0.2) is 41.0 Å². The number of nitrogens with one attached hydrogen (secondary N) is 1. The lowest BCUT2D eigenvalue weighted by Gasteiger charge is -2.17. The molecular formula is C11H20N4. The van der Waals surface area contributed by atoms with Gasteiger partial charge < -0.3 is 10.2 Å². The van der Waals surface area contributed by atoms with Crippen LogP contribution in [0.2, 0.25) is 0 Å². The van der Waals surface area contributed by atoms with Gasteiger partial charge in [0.1, 0.15) is 0 Å². The highest BCUT2D eigenvalue weighted by atomic mass is 15.2. The summed E-state index contributed by atoms with van der Waals surface area (Å²) in [6.07, 6.45) is 1.78. The summed E-state index contributed by atoms with van der Waals surface area (Å²) in [4.78, 5) is 10.8. The quantitative estimate of drug-likeness (QED) is 0.770. The average molecular weight is 208 g/mol. The second-order valence-electron chi connectivity index (χ2n) is 3.48. The molecule has 0 aliphatic carbocycles. The Balaban J connectivity index is 2.31. The number of anilines is 1. The van der Waals surface area contributed by atoms with Gasteiger partial charge in [0.05, 0.1) is 0 Å². The summed E-state index contributed by atoms with van der Waals surface area (Å²) in [7, 11) is 0. The van der Waals surface area contributed by atoms with Crippen LogP contribution < -0.4 is 5.32 Å². The molecule has 0 spiro atoms. The Morgan fingerprint density at radius 1 is 1.33 bits per heavy atom. The van der Waals surface area contributed by atoms with Crippen molar-refractivity contribution in [3.8, 4) is 0 Å². The maximum Gasteiger partial charge on any atom is 0.222 e. The fourth-order valence-corrected chi connectivity index (χ4v) is 1.40. The number of aryl methyl sites for hydroxylation is 1. The predicted molar refractivity (Wildman–Crippen MR) is 63.0 cm³/mol. The van der Waals surface area contributed by atoms with E-state index in [0.29, 0.717) is 0 Å². The molecule has 1 aromatic heterocycles. The van der Waals surface area contributed by atoms with Gasteiger partial charge in [-0.2, -0.15) is 0 Å². The van der Waals surface area contributed by atoms with E-state index in [2.05, 4.69) is 34.0 Å². The van der Waals surface area contributed by atoms with E-state index in [1.54, 1.807) is 6.20 Å². The second kappa shape index (κ2) is 6.35. The molecule has 84 valence electrons. The maximum atomic E-state index is 4.28. The Kier molecular flexibility index (Phi) is 5.04. The fourth-order valence-electron chi connectivity index (χ4n) is 1.40. The molecule has 15 heavy (non-hydrogen) atoms. The molecule has 1 N–H and O–H groups in total. The molecule has 0 atom stereocenters. The normalized spacial score (nSPS) is 10.7. The van der Waals surface area contributed by atoms with Crippen molar-refractivity contribution in [1.29, 1.82) is 0 Å². The third kappa shape index (κ3) is 4.25. The average Bonchev–Trinajstić information content (AvgIpc) is 2.25. The van der Waals surface area contributed by atoms with E-state index in [1.165, 1.54) is 0 Å². The summed E-state index contributed by atoms with van der Waals surface area (Å²) in [6.45, 7) is 10.4. The molecule has 4 nitrogen and oxygen atoms in total. The van der Waals surface area contributed by atoms with Crippen LogP contribution in [0.25, 0.3) is 0 Å². The highest BCUT2D eigenvalue weighted by Crippen LogP contribution is 1.98. The standard InChI is InChI=1S/C11H20N4/c1-4-15(5-2)9-8-13-11-12-7-6-10(3)14-11/h6-7H,4-5,8-9H2,1-3H3,(H,12,13,14). The maximum absolute atomic E-state index is 4.28. The summed E-state index contributed by atoms with van der Waals surface area (Å²) in [5.74, 6) is 0.724. The van der Waals surface area contributed by atoms with Crippen molar-refractivity contribution in [2.75, 3.05) is 31.5 Å². The van der Waals surface area contributed by atoms with Crippen LogP contribution in [0, 0.1) is 6.92 Å². The lowest BCUT2D eigenvalue weighted by molar-refractivity contribution is 0.316. The van der Waals surface area contributed by atoms with Gasteiger partial charge >= 0.3 is 0 Å². The first-order valence-corrected chi connectivity index (χ1v) is 5.52. The van der Waals surface area contributed by atoms with Gasteiger partial charge in [0.2, 0.25) is 5.95 Å². The second-order valence-corrected chi connectivity index (χ2v) is 3.48. The molecule has 0 bridgehead atoms. The molecule has 0 saturated heterocycles. The van der Waals surface area contributed by atoms with Crippen LogP contribution in [0.1, 0.15) is 19.5 Å². The number of hydrogen-bond acceptors (Lipinski definition) is 4. The number of rotatable bonds is 6. The molecule has 0 aliphatic rings. The highest BCUT2D eigenvalue weighted by molar-refractivity contribution is 5.24. The van der Waals surface area contributed by atoms with Gasteiger partial charge in [-0.1, -0.05) is 13.8 Å². The molecule has 0 fully saturated rings. The largest absolute Gasteiger partial charge is 0.353 e. The summed E-state index contributed by atoms with van der Waals surface area (Å²) < 4.78 is 0. The number of hydrogen-bond donors (Lipinski definition) is 1. The van der Waals surface area contributed by atoms with E-state index in [-0.39, 0.29) is 0 Å². The van der Waals surface area contributed by atoms with E-state index < -0.39 is 0 Å². The highest BCUT2D eigenvalue weighted by Gasteiger charge is 1.99. The van der Waals surface area contributed by atoms with E-state index in [9.17, 15) is 0 Å². The zero-order valence-corrected chi connectivity index (χ0v) is 9.82. The zero-order valence-electron chi connectivity index (χ0n) is 9.82. The molecule has 0 saturated carbocycles. The number of nitrogens with zero attached hydrogens (tertiary/aromatic N) is 3. The molecule has 0 amide bonds. The van der Waals surface area contributed by atoms with Crippen molar-refractivity contribution < 1.29 is 0 Å². The predicted octanol–water partition coefficient (Wildman–Crippen LogP) is 1.54. The van der Waals surface area contributed by atoms with Gasteiger partial charge in [-0.25, -0.2) is 9.97 Å². The van der Waals surface area contributed by atoms with Gasteiger partial charge in [0, 0.05) is 25.0 Å². The summed E-state index contributed by atoms with van der Waals surface area (Å²) >= 11 is 0. The van der Waals surface area contributed by atoms with Crippen LogP contribution in [-0.2, 0) is 0 Å². The molecule has 1 aromatic rings. The van der Waals surface area contributed by atoms with Crippen molar-refractivity contribution in [3.63, 3.8) is 0 Å². The van der Waals surface area contributed by atoms with Gasteiger partial charge in [-0.15, -0.1) is 0 Å². The summed E-state index contributed by atoms with van der Waals surface area (Å²) in [6, 6.07) is 1.90. The van der Waals surface area contributed by atoms with Crippen LogP contribution in [0.5, 0.6) is 0 Å². The molecule has 1 heterocycles. The minimum Gasteiger partial charge on any atom is -0.353 e. The van der Waals surface area contributed by atoms with Gasteiger partial charge in [0.15, 0.2) is 0 Å². The van der Waals surface area contributed by atoms with Gasteiger partial charge in [-0.05, 0) is 26.1 Å². The zero-order chi connectivity index (χ0) is 11.1. The third-order valence-electron chi connectivity index (χ3n) is 2.40. The van der Waals surface area contributed by atoms with Crippen LogP contribution in [0.15, 0.2) is 12.3 Å². The van der Waals surface area contributed by atoms with Crippen molar-refractivity contribution in [2.45, 2.75) is 20.8 Å². The molecule has 1 rings (SSSR count). The first kappa shape index (κ1) is 11.9. The van der Waals surface area contributed by atoms with E-state index in [1.807, 2.05) is 13.0 Å². The molecule has 4 heteroatoms. The molecule has 0 radical (unpaired) electrons. The van der Waals surface area contributed by atoms with Crippen molar-refractivity contribution in [1.82, 2.24) is 14.9 Å². The topological polar surface area (TPSA) is 41.0 Å².